The Balaban J connectivity index is 1.79. The number of hydrogen-bond donors (Lipinski definition) is 1. The van der Waals surface area contributed by atoms with Gasteiger partial charge in [-0.15, -0.1) is 0 Å². The van der Waals surface area contributed by atoms with Crippen LogP contribution >= 0.6 is 0 Å². The fourth-order valence-electron chi connectivity index (χ4n) is 3.82. The van der Waals surface area contributed by atoms with Crippen molar-refractivity contribution in [3.63, 3.8) is 0 Å². The third kappa shape index (κ3) is 14.4. The highest BCUT2D eigenvalue weighted by Crippen LogP contribution is 2.42. The highest BCUT2D eigenvalue weighted by Gasteiger charge is 2.52. The van der Waals surface area contributed by atoms with Crippen LogP contribution in [0.5, 0.6) is 0 Å². The highest BCUT2D eigenvalue weighted by molar-refractivity contribution is 5.22. The SMILES string of the molecule is CN=NN=NN=NN=NN=NN=NN=NN=NN=NN=NN=NN=NCC([C@@H]1NCC(C)(C(F)(F)F)C=C1C)N1CCCOCC1. The third-order valence-electron chi connectivity index (χ3n) is 5.75. The van der Waals surface area contributed by atoms with E-state index in [2.05, 4.69) is 135 Å². The molecule has 27 nitrogen and oxygen atoms in total. The maximum absolute atomic E-state index is 13.6. The fourth-order valence-corrected chi connectivity index (χ4v) is 3.82. The lowest BCUT2D eigenvalue weighted by atomic mass is 9.80. The van der Waals surface area contributed by atoms with Crippen molar-refractivity contribution in [3.8, 4) is 0 Å². The number of nitrogens with one attached hydrogen (secondary N) is 1. The summed E-state index contributed by atoms with van der Waals surface area (Å²) in [6.07, 6.45) is -2.34. The third-order valence-corrected chi connectivity index (χ3v) is 5.75. The molecule has 0 saturated carbocycles. The average Bonchev–Trinajstić information content (AvgIpc) is 3.31. The summed E-state index contributed by atoms with van der Waals surface area (Å²) in [5.74, 6) is 0. The Hall–Kier alpha value is -5.39. The molecule has 2 unspecified atom stereocenters. The zero-order valence-electron chi connectivity index (χ0n) is 24.4. The molecule has 1 fully saturated rings. The summed E-state index contributed by atoms with van der Waals surface area (Å²) < 4.78 is 46.2. The normalized spacial score (nSPS) is 24.2. The fraction of sp³-hybridized carbons (Fsp3) is 0.875. The van der Waals surface area contributed by atoms with E-state index in [4.69, 9.17) is 4.74 Å². The van der Waals surface area contributed by atoms with E-state index in [9.17, 15) is 13.2 Å². The Kier molecular flexibility index (Phi) is 17.1. The van der Waals surface area contributed by atoms with Gasteiger partial charge in [-0.05, 0) is 104 Å². The molecule has 46 heavy (non-hydrogen) atoms. The molecule has 1 N–H and O–H groups in total. The molecule has 2 aliphatic heterocycles. The first-order valence-electron chi connectivity index (χ1n) is 12.8. The maximum Gasteiger partial charge on any atom is 0.398 e. The van der Waals surface area contributed by atoms with Crippen LogP contribution in [0.15, 0.2) is 137 Å². The Morgan fingerprint density at radius 3 is 1.65 bits per heavy atom. The number of halogens is 3. The minimum Gasteiger partial charge on any atom is -0.380 e. The van der Waals surface area contributed by atoms with Gasteiger partial charge in [0.15, 0.2) is 0 Å². The summed E-state index contributed by atoms with van der Waals surface area (Å²) in [6.45, 7) is 5.06. The molecule has 248 valence electrons. The lowest BCUT2D eigenvalue weighted by molar-refractivity contribution is -0.200. The standard InChI is InChI=1S/C16H27F3N26O/c1-12-9-15(2,16(17,18)19)11-21-14(12)13(45-5-4-7-46-8-6-45)10-22-24-26-28-30-32-34-36-38-40-42-44-43-41-39-37-35-33-31-29-27-25-23-20-3/h9,13-14,21H,4-8,10-11H2,1-3H3/t13?,14-,15?/m1/s1. The first kappa shape index (κ1) is 36.8. The first-order valence-corrected chi connectivity index (χ1v) is 12.8. The average molecular weight is 657 g/mol. The molecule has 0 aliphatic carbocycles. The molecule has 2 heterocycles. The van der Waals surface area contributed by atoms with Gasteiger partial charge in [-0.3, -0.25) is 4.90 Å². The molecule has 0 aromatic carbocycles. The van der Waals surface area contributed by atoms with Crippen LogP contribution in [-0.4, -0.2) is 69.6 Å². The van der Waals surface area contributed by atoms with Gasteiger partial charge in [-0.2, -0.15) is 23.4 Å². The molecule has 0 radical (unpaired) electrons. The van der Waals surface area contributed by atoms with Gasteiger partial charge in [0, 0.05) is 63.6 Å². The molecule has 0 bridgehead atoms. The van der Waals surface area contributed by atoms with Crippen LogP contribution in [0, 0.1) is 5.41 Å². The van der Waals surface area contributed by atoms with Gasteiger partial charge >= 0.3 is 6.18 Å². The topological polar surface area (TPSA) is 321 Å². The first-order chi connectivity index (χ1) is 22.3. The van der Waals surface area contributed by atoms with Crippen molar-refractivity contribution in [1.29, 1.82) is 0 Å². The molecule has 1 saturated heterocycles. The zero-order valence-corrected chi connectivity index (χ0v) is 24.4. The van der Waals surface area contributed by atoms with Crippen LogP contribution in [-0.2, 0) is 4.74 Å². The van der Waals surface area contributed by atoms with E-state index in [0.29, 0.717) is 31.9 Å². The van der Waals surface area contributed by atoms with Gasteiger partial charge in [-0.25, -0.2) is 0 Å². The summed E-state index contributed by atoms with van der Waals surface area (Å²) in [5, 5.41) is 79.0. The van der Waals surface area contributed by atoms with E-state index < -0.39 is 11.6 Å². The molecule has 2 aliphatic rings. The van der Waals surface area contributed by atoms with Crippen molar-refractivity contribution in [1.82, 2.24) is 10.2 Å². The van der Waals surface area contributed by atoms with E-state index in [1.807, 2.05) is 0 Å². The minimum atomic E-state index is -4.38. The Morgan fingerprint density at radius 1 is 0.761 bits per heavy atom. The van der Waals surface area contributed by atoms with Gasteiger partial charge in [0.05, 0.1) is 31.7 Å². The number of ether oxygens (including phenoxy) is 1. The van der Waals surface area contributed by atoms with Crippen molar-refractivity contribution in [2.75, 3.05) is 46.4 Å². The zero-order chi connectivity index (χ0) is 33.4. The smallest absolute Gasteiger partial charge is 0.380 e. The maximum atomic E-state index is 13.6. The van der Waals surface area contributed by atoms with Crippen LogP contribution in [0.1, 0.15) is 20.3 Å². The quantitative estimate of drug-likeness (QED) is 0.114. The summed E-state index contributed by atoms with van der Waals surface area (Å²) in [5.41, 5.74) is -1.41. The van der Waals surface area contributed by atoms with Gasteiger partial charge in [-0.1, -0.05) is 11.6 Å². The van der Waals surface area contributed by atoms with Gasteiger partial charge in [0.2, 0.25) is 0 Å². The monoisotopic (exact) mass is 656 g/mol. The molecule has 0 amide bonds. The molecular formula is C16H27F3N26O. The van der Waals surface area contributed by atoms with Crippen LogP contribution in [0.25, 0.3) is 0 Å². The van der Waals surface area contributed by atoms with Crippen LogP contribution < -0.4 is 5.32 Å². The second-order valence-corrected chi connectivity index (χ2v) is 8.72. The van der Waals surface area contributed by atoms with E-state index in [0.717, 1.165) is 13.3 Å². The van der Waals surface area contributed by atoms with E-state index in [1.165, 1.54) is 13.1 Å². The Morgan fingerprint density at radius 2 is 1.22 bits per heavy atom. The Labute approximate surface area is 255 Å². The summed E-state index contributed by atoms with van der Waals surface area (Å²) in [7, 11) is 1.38. The van der Waals surface area contributed by atoms with Crippen LogP contribution in [0.4, 0.5) is 13.2 Å². The molecular weight excluding hydrogens is 629 g/mol. The second kappa shape index (κ2) is 21.3. The van der Waals surface area contributed by atoms with Crippen molar-refractivity contribution >= 4 is 0 Å². The van der Waals surface area contributed by atoms with Gasteiger partial charge in [0.1, 0.15) is 0 Å². The molecule has 0 aromatic heterocycles. The predicted octanol–water partition coefficient (Wildman–Crippen LogP) is 6.69. The number of nitrogens with zero attached hydrogens (tertiary/aromatic N) is 25. The van der Waals surface area contributed by atoms with Crippen molar-refractivity contribution in [2.45, 2.75) is 38.5 Å². The van der Waals surface area contributed by atoms with Gasteiger partial charge in [0.25, 0.3) is 0 Å². The number of alkyl halides is 3. The molecule has 30 heteroatoms. The number of rotatable bonds is 15. The Bertz CT molecular complexity index is 1290. The second-order valence-electron chi connectivity index (χ2n) is 8.72. The van der Waals surface area contributed by atoms with Crippen LogP contribution in [0.3, 0.4) is 0 Å². The van der Waals surface area contributed by atoms with Crippen LogP contribution in [0.2, 0.25) is 0 Å². The van der Waals surface area contributed by atoms with E-state index in [1.54, 1.807) is 6.92 Å². The lowest BCUT2D eigenvalue weighted by Crippen LogP contribution is -2.58. The van der Waals surface area contributed by atoms with Crippen molar-refractivity contribution < 1.29 is 17.9 Å². The van der Waals surface area contributed by atoms with E-state index >= 15 is 0 Å². The van der Waals surface area contributed by atoms with Crippen molar-refractivity contribution in [2.24, 2.45) is 131 Å². The molecule has 0 spiro atoms. The molecule has 3 atom stereocenters. The predicted molar refractivity (Wildman–Crippen MR) is 140 cm³/mol. The van der Waals surface area contributed by atoms with E-state index in [-0.39, 0.29) is 25.2 Å². The molecule has 0 aromatic rings. The summed E-state index contributed by atoms with van der Waals surface area (Å²) >= 11 is 0. The highest BCUT2D eigenvalue weighted by atomic mass is 19.4. The van der Waals surface area contributed by atoms with Gasteiger partial charge < -0.3 is 10.1 Å². The summed E-state index contributed by atoms with van der Waals surface area (Å²) in [4.78, 5) is 2.11. The number of hydrogen-bond acceptors (Lipinski definition) is 5. The van der Waals surface area contributed by atoms with Crippen molar-refractivity contribution in [3.05, 3.63) is 11.6 Å². The molecule has 2 rings (SSSR count). The largest absolute Gasteiger partial charge is 0.398 e. The minimum absolute atomic E-state index is 0.124. The lowest BCUT2D eigenvalue weighted by Gasteiger charge is -2.42. The summed E-state index contributed by atoms with van der Waals surface area (Å²) in [6, 6.07) is -0.691.